The zero-order valence-corrected chi connectivity index (χ0v) is 11.3. The molecule has 2 atom stereocenters. The number of nitrogens with two attached hydrogens (primary N) is 1. The van der Waals surface area contributed by atoms with E-state index in [1.165, 1.54) is 0 Å². The summed E-state index contributed by atoms with van der Waals surface area (Å²) in [5, 5.41) is 1.08. The van der Waals surface area contributed by atoms with Crippen LogP contribution >= 0.6 is 0 Å². The maximum atomic E-state index is 5.78. The van der Waals surface area contributed by atoms with Gasteiger partial charge in [0.2, 0.25) is 0 Å². The summed E-state index contributed by atoms with van der Waals surface area (Å²) in [6.07, 6.45) is 1.31. The van der Waals surface area contributed by atoms with Crippen molar-refractivity contribution in [1.82, 2.24) is 4.98 Å². The third-order valence-corrected chi connectivity index (χ3v) is 3.89. The van der Waals surface area contributed by atoms with E-state index in [2.05, 4.69) is 24.9 Å². The van der Waals surface area contributed by atoms with Gasteiger partial charge < -0.3 is 15.4 Å². The normalized spacial score (nSPS) is 22.8. The number of rotatable bonds is 2. The van der Waals surface area contributed by atoms with Crippen molar-refractivity contribution in [3.8, 4) is 0 Å². The topological polar surface area (TPSA) is 51.4 Å². The molecule has 1 aromatic carbocycles. The molecule has 1 aromatic heterocycles. The van der Waals surface area contributed by atoms with Crippen LogP contribution in [0.25, 0.3) is 10.9 Å². The lowest BCUT2D eigenvalue weighted by Gasteiger charge is -2.27. The van der Waals surface area contributed by atoms with Gasteiger partial charge in [-0.2, -0.15) is 0 Å². The molecule has 0 spiro atoms. The summed E-state index contributed by atoms with van der Waals surface area (Å²) in [7, 11) is 2.08. The molecule has 2 aromatic rings. The summed E-state index contributed by atoms with van der Waals surface area (Å²) in [5.41, 5.74) is 7.53. The average Bonchev–Trinajstić information content (AvgIpc) is 2.83. The molecule has 4 nitrogen and oxygen atoms in total. The van der Waals surface area contributed by atoms with Crippen LogP contribution in [0.1, 0.15) is 13.3 Å². The molecule has 1 aliphatic heterocycles. The lowest BCUT2D eigenvalue weighted by atomic mass is 10.1. The minimum absolute atomic E-state index is 0.258. The van der Waals surface area contributed by atoms with Crippen molar-refractivity contribution in [2.24, 2.45) is 0 Å². The van der Waals surface area contributed by atoms with Crippen molar-refractivity contribution in [3.63, 3.8) is 0 Å². The van der Waals surface area contributed by atoms with Gasteiger partial charge >= 0.3 is 0 Å². The maximum absolute atomic E-state index is 5.78. The molecule has 0 amide bonds. The van der Waals surface area contributed by atoms with Crippen LogP contribution < -0.4 is 10.6 Å². The molecule has 1 fully saturated rings. The quantitative estimate of drug-likeness (QED) is 0.839. The van der Waals surface area contributed by atoms with Crippen LogP contribution in [0.3, 0.4) is 0 Å². The van der Waals surface area contributed by atoms with Crippen molar-refractivity contribution >= 4 is 22.4 Å². The molecule has 2 heterocycles. The molecular formula is C15H19N3O. The second-order valence-corrected chi connectivity index (χ2v) is 5.16. The summed E-state index contributed by atoms with van der Waals surface area (Å²) in [4.78, 5) is 6.93. The Kier molecular flexibility index (Phi) is 3.03. The van der Waals surface area contributed by atoms with Gasteiger partial charge in [0, 0.05) is 24.7 Å². The molecule has 1 aliphatic rings. The van der Waals surface area contributed by atoms with E-state index in [0.29, 0.717) is 6.04 Å². The molecule has 2 unspecified atom stereocenters. The van der Waals surface area contributed by atoms with Gasteiger partial charge in [-0.1, -0.05) is 0 Å². The fourth-order valence-corrected chi connectivity index (χ4v) is 2.73. The number of benzene rings is 1. The molecule has 19 heavy (non-hydrogen) atoms. The number of nitrogens with zero attached hydrogens (tertiary/aromatic N) is 2. The van der Waals surface area contributed by atoms with E-state index in [0.717, 1.165) is 35.4 Å². The van der Waals surface area contributed by atoms with Crippen LogP contribution in [0.15, 0.2) is 30.3 Å². The zero-order valence-electron chi connectivity index (χ0n) is 11.3. The summed E-state index contributed by atoms with van der Waals surface area (Å²) in [6, 6.07) is 10.3. The van der Waals surface area contributed by atoms with Crippen LogP contribution in [0.5, 0.6) is 0 Å². The summed E-state index contributed by atoms with van der Waals surface area (Å²) in [5.74, 6) is 0.986. The Labute approximate surface area is 113 Å². The third-order valence-electron chi connectivity index (χ3n) is 3.89. The largest absolute Gasteiger partial charge is 0.399 e. The summed E-state index contributed by atoms with van der Waals surface area (Å²) < 4.78 is 5.63. The highest BCUT2D eigenvalue weighted by Crippen LogP contribution is 2.25. The number of hydrogen-bond acceptors (Lipinski definition) is 4. The van der Waals surface area contributed by atoms with Gasteiger partial charge in [0.25, 0.3) is 0 Å². The summed E-state index contributed by atoms with van der Waals surface area (Å²) >= 11 is 0. The van der Waals surface area contributed by atoms with Gasteiger partial charge in [-0.05, 0) is 43.7 Å². The lowest BCUT2D eigenvalue weighted by molar-refractivity contribution is 0.118. The van der Waals surface area contributed by atoms with E-state index in [9.17, 15) is 0 Å². The standard InChI is InChI=1S/C15H19N3O/c1-10-14(7-8-19-10)18(2)15-6-3-11-9-12(16)4-5-13(11)17-15/h3-6,9-10,14H,7-8,16H2,1-2H3. The zero-order chi connectivity index (χ0) is 13.4. The number of fused-ring (bicyclic) bond motifs is 1. The molecule has 3 rings (SSSR count). The number of anilines is 2. The number of pyridine rings is 1. The van der Waals surface area contributed by atoms with Gasteiger partial charge in [0.1, 0.15) is 5.82 Å². The van der Waals surface area contributed by atoms with Crippen molar-refractivity contribution in [2.75, 3.05) is 24.3 Å². The SMILES string of the molecule is CC1OCCC1N(C)c1ccc2cc(N)ccc2n1. The van der Waals surface area contributed by atoms with Crippen molar-refractivity contribution in [2.45, 2.75) is 25.5 Å². The molecule has 2 N–H and O–H groups in total. The van der Waals surface area contributed by atoms with Crippen LogP contribution in [0, 0.1) is 0 Å². The Balaban J connectivity index is 1.94. The first-order valence-electron chi connectivity index (χ1n) is 6.66. The second-order valence-electron chi connectivity index (χ2n) is 5.16. The highest BCUT2D eigenvalue weighted by atomic mass is 16.5. The van der Waals surface area contributed by atoms with Gasteiger partial charge in [-0.3, -0.25) is 0 Å². The van der Waals surface area contributed by atoms with E-state index in [1.54, 1.807) is 0 Å². The van der Waals surface area contributed by atoms with Crippen LogP contribution in [0.4, 0.5) is 11.5 Å². The first-order valence-corrected chi connectivity index (χ1v) is 6.66. The van der Waals surface area contributed by atoms with Crippen LogP contribution in [-0.4, -0.2) is 30.8 Å². The second kappa shape index (κ2) is 4.70. The first kappa shape index (κ1) is 12.2. The molecule has 0 bridgehead atoms. The van der Waals surface area contributed by atoms with Crippen molar-refractivity contribution in [1.29, 1.82) is 0 Å². The fraction of sp³-hybridized carbons (Fsp3) is 0.400. The van der Waals surface area contributed by atoms with Crippen LogP contribution in [-0.2, 0) is 4.74 Å². The summed E-state index contributed by atoms with van der Waals surface area (Å²) in [6.45, 7) is 2.95. The fourth-order valence-electron chi connectivity index (χ4n) is 2.73. The number of nitrogen functional groups attached to an aromatic ring is 1. The highest BCUT2D eigenvalue weighted by Gasteiger charge is 2.28. The Morgan fingerprint density at radius 3 is 2.89 bits per heavy atom. The van der Waals surface area contributed by atoms with E-state index < -0.39 is 0 Å². The number of ether oxygens (including phenoxy) is 1. The number of aromatic nitrogens is 1. The van der Waals surface area contributed by atoms with Gasteiger partial charge in [0.15, 0.2) is 0 Å². The molecular weight excluding hydrogens is 238 g/mol. The Morgan fingerprint density at radius 2 is 2.16 bits per heavy atom. The molecule has 100 valence electrons. The Bertz CT molecular complexity index is 599. The highest BCUT2D eigenvalue weighted by molar-refractivity contribution is 5.83. The van der Waals surface area contributed by atoms with Gasteiger partial charge in [-0.15, -0.1) is 0 Å². The molecule has 4 heteroatoms. The molecule has 0 radical (unpaired) electrons. The van der Waals surface area contributed by atoms with Gasteiger partial charge in [0.05, 0.1) is 17.7 Å². The van der Waals surface area contributed by atoms with E-state index in [4.69, 9.17) is 15.5 Å². The predicted octanol–water partition coefficient (Wildman–Crippen LogP) is 2.43. The van der Waals surface area contributed by atoms with E-state index in [-0.39, 0.29) is 6.10 Å². The minimum atomic E-state index is 0.258. The average molecular weight is 257 g/mol. The van der Waals surface area contributed by atoms with Crippen LogP contribution in [0.2, 0.25) is 0 Å². The number of hydrogen-bond donors (Lipinski definition) is 1. The number of likely N-dealkylation sites (N-methyl/N-ethyl adjacent to an activating group) is 1. The Hall–Kier alpha value is -1.81. The molecule has 1 saturated heterocycles. The predicted molar refractivity (Wildman–Crippen MR) is 78.4 cm³/mol. The van der Waals surface area contributed by atoms with E-state index in [1.807, 2.05) is 24.3 Å². The van der Waals surface area contributed by atoms with Crippen molar-refractivity contribution < 1.29 is 4.74 Å². The monoisotopic (exact) mass is 257 g/mol. The molecule has 0 saturated carbocycles. The van der Waals surface area contributed by atoms with Gasteiger partial charge in [-0.25, -0.2) is 4.98 Å². The first-order chi connectivity index (χ1) is 9.15. The van der Waals surface area contributed by atoms with Crippen molar-refractivity contribution in [3.05, 3.63) is 30.3 Å². The minimum Gasteiger partial charge on any atom is -0.399 e. The smallest absolute Gasteiger partial charge is 0.129 e. The Morgan fingerprint density at radius 1 is 1.32 bits per heavy atom. The third kappa shape index (κ3) is 2.24. The maximum Gasteiger partial charge on any atom is 0.129 e. The van der Waals surface area contributed by atoms with E-state index >= 15 is 0 Å². The molecule has 0 aliphatic carbocycles. The lowest BCUT2D eigenvalue weighted by Crippen LogP contribution is -2.37.